The molecule has 1 aliphatic heterocycles. The lowest BCUT2D eigenvalue weighted by molar-refractivity contribution is -0.0768. The smallest absolute Gasteiger partial charge is 0.271 e. The third kappa shape index (κ3) is 2.06. The molecular weight excluding hydrogens is 293 g/mol. The van der Waals surface area contributed by atoms with Crippen molar-refractivity contribution in [3.63, 3.8) is 0 Å². The maximum Gasteiger partial charge on any atom is 0.277 e. The van der Waals surface area contributed by atoms with Gasteiger partial charge in [0.2, 0.25) is 0 Å². The zero-order chi connectivity index (χ0) is 9.97. The van der Waals surface area contributed by atoms with Crippen molar-refractivity contribution < 1.29 is 9.63 Å². The molecule has 0 bridgehead atoms. The molecule has 1 saturated heterocycles. The van der Waals surface area contributed by atoms with E-state index in [0.29, 0.717) is 18.7 Å². The molecule has 1 aromatic rings. The van der Waals surface area contributed by atoms with Gasteiger partial charge in [0.25, 0.3) is 5.91 Å². The molecule has 3 nitrogen and oxygen atoms in total. The Morgan fingerprint density at radius 3 is 3.00 bits per heavy atom. The van der Waals surface area contributed by atoms with Gasteiger partial charge in [-0.25, -0.2) is 5.06 Å². The monoisotopic (exact) mass is 303 g/mol. The lowest BCUT2D eigenvalue weighted by atomic mass is 10.2. The van der Waals surface area contributed by atoms with E-state index in [4.69, 9.17) is 4.84 Å². The van der Waals surface area contributed by atoms with E-state index in [0.717, 1.165) is 9.99 Å². The minimum absolute atomic E-state index is 0.0407. The van der Waals surface area contributed by atoms with Crippen molar-refractivity contribution in [3.8, 4) is 0 Å². The van der Waals surface area contributed by atoms with Gasteiger partial charge in [0.05, 0.1) is 13.2 Å². The standard InChI is InChI=1S/C10H10INO2/c11-9-4-1-3-8(7-9)10(13)12-5-2-6-14-12/h1,3-4,7H,2,5-6H2. The average molecular weight is 303 g/mol. The van der Waals surface area contributed by atoms with Crippen LogP contribution in [0.15, 0.2) is 24.3 Å². The second-order valence-corrected chi connectivity index (χ2v) is 4.35. The van der Waals surface area contributed by atoms with Gasteiger partial charge in [0.15, 0.2) is 0 Å². The summed E-state index contributed by atoms with van der Waals surface area (Å²) in [5, 5.41) is 1.44. The summed E-state index contributed by atoms with van der Waals surface area (Å²) >= 11 is 2.19. The molecule has 1 heterocycles. The summed E-state index contributed by atoms with van der Waals surface area (Å²) in [5.41, 5.74) is 0.693. The fraction of sp³-hybridized carbons (Fsp3) is 0.300. The van der Waals surface area contributed by atoms with E-state index in [2.05, 4.69) is 22.6 Å². The van der Waals surface area contributed by atoms with Crippen LogP contribution in [0.1, 0.15) is 16.8 Å². The van der Waals surface area contributed by atoms with Crippen LogP contribution in [0, 0.1) is 3.57 Å². The van der Waals surface area contributed by atoms with Crippen LogP contribution < -0.4 is 0 Å². The first kappa shape index (κ1) is 9.92. The molecule has 0 unspecified atom stereocenters. The summed E-state index contributed by atoms with van der Waals surface area (Å²) in [6.07, 6.45) is 0.926. The Kier molecular flexibility index (Phi) is 3.02. The van der Waals surface area contributed by atoms with Crippen molar-refractivity contribution >= 4 is 28.5 Å². The molecule has 1 aliphatic rings. The second-order valence-electron chi connectivity index (χ2n) is 3.10. The van der Waals surface area contributed by atoms with Gasteiger partial charge in [0, 0.05) is 9.13 Å². The number of benzene rings is 1. The first-order valence-electron chi connectivity index (χ1n) is 4.48. The van der Waals surface area contributed by atoms with E-state index in [-0.39, 0.29) is 5.91 Å². The number of halogens is 1. The highest BCUT2D eigenvalue weighted by Gasteiger charge is 2.20. The first-order chi connectivity index (χ1) is 6.77. The number of hydroxylamine groups is 2. The molecule has 0 aromatic heterocycles. The quantitative estimate of drug-likeness (QED) is 0.743. The molecule has 0 saturated carbocycles. The Bertz CT molecular complexity index is 348. The van der Waals surface area contributed by atoms with Gasteiger partial charge in [-0.05, 0) is 47.2 Å². The summed E-state index contributed by atoms with van der Waals surface area (Å²) < 4.78 is 1.06. The van der Waals surface area contributed by atoms with Crippen LogP contribution in [0.3, 0.4) is 0 Å². The van der Waals surface area contributed by atoms with Crippen molar-refractivity contribution in [3.05, 3.63) is 33.4 Å². The highest BCUT2D eigenvalue weighted by atomic mass is 127. The van der Waals surface area contributed by atoms with Gasteiger partial charge in [0.1, 0.15) is 0 Å². The molecular formula is C10H10INO2. The van der Waals surface area contributed by atoms with Gasteiger partial charge >= 0.3 is 0 Å². The molecule has 0 aliphatic carbocycles. The van der Waals surface area contributed by atoms with Crippen LogP contribution in [0.5, 0.6) is 0 Å². The van der Waals surface area contributed by atoms with Gasteiger partial charge in [-0.1, -0.05) is 6.07 Å². The highest BCUT2D eigenvalue weighted by Crippen LogP contribution is 2.13. The molecule has 0 spiro atoms. The number of amides is 1. The van der Waals surface area contributed by atoms with Gasteiger partial charge in [-0.15, -0.1) is 0 Å². The van der Waals surface area contributed by atoms with Crippen molar-refractivity contribution in [2.45, 2.75) is 6.42 Å². The number of hydrogen-bond acceptors (Lipinski definition) is 2. The molecule has 0 radical (unpaired) electrons. The number of nitrogens with zero attached hydrogens (tertiary/aromatic N) is 1. The Morgan fingerprint density at radius 1 is 1.50 bits per heavy atom. The Hall–Kier alpha value is -0.620. The minimum atomic E-state index is -0.0407. The molecule has 14 heavy (non-hydrogen) atoms. The van der Waals surface area contributed by atoms with Gasteiger partial charge in [-0.2, -0.15) is 0 Å². The van der Waals surface area contributed by atoms with E-state index in [9.17, 15) is 4.79 Å². The first-order valence-corrected chi connectivity index (χ1v) is 5.55. The number of hydrogen-bond donors (Lipinski definition) is 0. The van der Waals surface area contributed by atoms with Crippen molar-refractivity contribution in [1.29, 1.82) is 0 Å². The second kappa shape index (κ2) is 4.27. The topological polar surface area (TPSA) is 29.5 Å². The number of carbonyl (C=O) groups excluding carboxylic acids is 1. The summed E-state index contributed by atoms with van der Waals surface area (Å²) in [7, 11) is 0. The van der Waals surface area contributed by atoms with Crippen LogP contribution in [0.4, 0.5) is 0 Å². The van der Waals surface area contributed by atoms with E-state index < -0.39 is 0 Å². The fourth-order valence-corrected chi connectivity index (χ4v) is 1.92. The Balaban J connectivity index is 2.17. The normalized spacial score (nSPS) is 15.9. The number of carbonyl (C=O) groups is 1. The predicted octanol–water partition coefficient (Wildman–Crippen LogP) is 2.07. The van der Waals surface area contributed by atoms with Crippen LogP contribution in [-0.4, -0.2) is 24.1 Å². The molecule has 2 rings (SSSR count). The third-order valence-electron chi connectivity index (χ3n) is 2.05. The zero-order valence-corrected chi connectivity index (χ0v) is 9.73. The van der Waals surface area contributed by atoms with E-state index in [1.165, 1.54) is 5.06 Å². The van der Waals surface area contributed by atoms with Crippen LogP contribution in [0.25, 0.3) is 0 Å². The molecule has 1 aromatic carbocycles. The summed E-state index contributed by atoms with van der Waals surface area (Å²) in [5.74, 6) is -0.0407. The van der Waals surface area contributed by atoms with Crippen molar-refractivity contribution in [1.82, 2.24) is 5.06 Å². The molecule has 0 atom stereocenters. The van der Waals surface area contributed by atoms with E-state index in [1.807, 2.05) is 24.3 Å². The highest BCUT2D eigenvalue weighted by molar-refractivity contribution is 14.1. The van der Waals surface area contributed by atoms with Gasteiger partial charge in [-0.3, -0.25) is 9.63 Å². The summed E-state index contributed by atoms with van der Waals surface area (Å²) in [4.78, 5) is 17.0. The Labute approximate surface area is 96.1 Å². The van der Waals surface area contributed by atoms with Crippen LogP contribution in [0.2, 0.25) is 0 Å². The maximum absolute atomic E-state index is 11.8. The average Bonchev–Trinajstić information content (AvgIpc) is 2.69. The lowest BCUT2D eigenvalue weighted by Gasteiger charge is -2.13. The molecule has 1 fully saturated rings. The largest absolute Gasteiger partial charge is 0.277 e. The SMILES string of the molecule is O=C(c1cccc(I)c1)N1CCCO1. The van der Waals surface area contributed by atoms with Crippen LogP contribution >= 0.6 is 22.6 Å². The van der Waals surface area contributed by atoms with E-state index in [1.54, 1.807) is 0 Å². The predicted molar refractivity (Wildman–Crippen MR) is 60.8 cm³/mol. The van der Waals surface area contributed by atoms with E-state index >= 15 is 0 Å². The third-order valence-corrected chi connectivity index (χ3v) is 2.72. The number of rotatable bonds is 1. The minimum Gasteiger partial charge on any atom is -0.271 e. The fourth-order valence-electron chi connectivity index (χ4n) is 1.37. The Morgan fingerprint density at radius 2 is 2.36 bits per heavy atom. The zero-order valence-electron chi connectivity index (χ0n) is 7.57. The van der Waals surface area contributed by atoms with Crippen LogP contribution in [-0.2, 0) is 4.84 Å². The summed E-state index contributed by atoms with van der Waals surface area (Å²) in [6.45, 7) is 1.35. The van der Waals surface area contributed by atoms with Crippen molar-refractivity contribution in [2.24, 2.45) is 0 Å². The maximum atomic E-state index is 11.8. The van der Waals surface area contributed by atoms with Gasteiger partial charge < -0.3 is 0 Å². The lowest BCUT2D eigenvalue weighted by Crippen LogP contribution is -2.26. The molecule has 0 N–H and O–H groups in total. The molecule has 1 amide bonds. The molecule has 74 valence electrons. The molecule has 4 heteroatoms. The summed E-state index contributed by atoms with van der Waals surface area (Å²) in [6, 6.07) is 7.52. The van der Waals surface area contributed by atoms with Crippen molar-refractivity contribution in [2.75, 3.05) is 13.2 Å².